The average Bonchev–Trinajstić information content (AvgIpc) is 2.41. The van der Waals surface area contributed by atoms with Gasteiger partial charge in [0.15, 0.2) is 0 Å². The van der Waals surface area contributed by atoms with Gasteiger partial charge in [0.1, 0.15) is 11.6 Å². The molecule has 1 heterocycles. The molecule has 0 spiro atoms. The zero-order chi connectivity index (χ0) is 13.8. The Morgan fingerprint density at radius 2 is 2.11 bits per heavy atom. The molecule has 4 nitrogen and oxygen atoms in total. The van der Waals surface area contributed by atoms with Crippen LogP contribution in [0.5, 0.6) is 11.6 Å². The highest BCUT2D eigenvalue weighted by Crippen LogP contribution is 2.26. The number of halogens is 1. The van der Waals surface area contributed by atoms with Gasteiger partial charge in [0, 0.05) is 38.0 Å². The lowest BCUT2D eigenvalue weighted by molar-refractivity contribution is 0.452. The summed E-state index contributed by atoms with van der Waals surface area (Å²) in [4.78, 5) is 5.90. The number of anilines is 1. The summed E-state index contributed by atoms with van der Waals surface area (Å²) in [5.41, 5.74) is 7.10. The Morgan fingerprint density at radius 1 is 1.32 bits per heavy atom. The van der Waals surface area contributed by atoms with E-state index in [1.54, 1.807) is 0 Å². The molecule has 0 fully saturated rings. The molecule has 0 saturated carbocycles. The number of nitrogens with zero attached hydrogens (tertiary/aromatic N) is 2. The molecule has 0 aliphatic carbocycles. The van der Waals surface area contributed by atoms with Gasteiger partial charge in [-0.05, 0) is 18.2 Å². The van der Waals surface area contributed by atoms with Crippen LogP contribution in [0.15, 0.2) is 36.5 Å². The first kappa shape index (κ1) is 13.3. The molecule has 0 aliphatic rings. The molecule has 0 atom stereocenters. The van der Waals surface area contributed by atoms with Gasteiger partial charge in [-0.3, -0.25) is 0 Å². The van der Waals surface area contributed by atoms with Gasteiger partial charge < -0.3 is 15.4 Å². The molecule has 0 aliphatic heterocycles. The van der Waals surface area contributed by atoms with Crippen LogP contribution in [-0.4, -0.2) is 19.1 Å². The molecule has 0 unspecified atom stereocenters. The average molecular weight is 261 g/mol. The predicted molar refractivity (Wildman–Crippen MR) is 72.9 cm³/mol. The molecular formula is C14H16FN3O. The van der Waals surface area contributed by atoms with E-state index in [9.17, 15) is 4.39 Å². The molecule has 2 rings (SSSR count). The number of benzene rings is 1. The van der Waals surface area contributed by atoms with E-state index in [2.05, 4.69) is 4.98 Å². The van der Waals surface area contributed by atoms with Gasteiger partial charge in [-0.1, -0.05) is 6.07 Å². The van der Waals surface area contributed by atoms with Crippen molar-refractivity contribution < 1.29 is 9.13 Å². The molecule has 2 N–H and O–H groups in total. The Balaban J connectivity index is 2.28. The fourth-order valence-electron chi connectivity index (χ4n) is 1.64. The minimum atomic E-state index is -0.421. The van der Waals surface area contributed by atoms with Crippen molar-refractivity contribution in [2.24, 2.45) is 5.73 Å². The van der Waals surface area contributed by atoms with Gasteiger partial charge >= 0.3 is 0 Å². The monoisotopic (exact) mass is 261 g/mol. The minimum absolute atomic E-state index is 0.174. The van der Waals surface area contributed by atoms with Crippen molar-refractivity contribution in [1.82, 2.24) is 4.98 Å². The lowest BCUT2D eigenvalue weighted by Gasteiger charge is -2.14. The summed E-state index contributed by atoms with van der Waals surface area (Å²) in [5, 5.41) is 0. The maximum absolute atomic E-state index is 13.1. The van der Waals surface area contributed by atoms with Crippen LogP contribution in [0.25, 0.3) is 0 Å². The number of pyridine rings is 1. The molecule has 0 radical (unpaired) electrons. The van der Waals surface area contributed by atoms with E-state index in [0.29, 0.717) is 17.2 Å². The van der Waals surface area contributed by atoms with Crippen LogP contribution in [-0.2, 0) is 6.54 Å². The fourth-order valence-corrected chi connectivity index (χ4v) is 1.64. The summed E-state index contributed by atoms with van der Waals surface area (Å²) in [6, 6.07) is 8.88. The summed E-state index contributed by atoms with van der Waals surface area (Å²) in [7, 11) is 3.89. The normalized spacial score (nSPS) is 10.3. The van der Waals surface area contributed by atoms with Crippen LogP contribution in [0.4, 0.5) is 10.1 Å². The van der Waals surface area contributed by atoms with Crippen molar-refractivity contribution in [2.45, 2.75) is 6.54 Å². The van der Waals surface area contributed by atoms with Crippen LogP contribution in [0.2, 0.25) is 0 Å². The van der Waals surface area contributed by atoms with Gasteiger partial charge in [-0.15, -0.1) is 0 Å². The topological polar surface area (TPSA) is 51.4 Å². The molecule has 0 saturated heterocycles. The van der Waals surface area contributed by atoms with Crippen LogP contribution in [0.1, 0.15) is 5.56 Å². The fraction of sp³-hybridized carbons (Fsp3) is 0.214. The highest BCUT2D eigenvalue weighted by atomic mass is 19.1. The molecule has 1 aromatic heterocycles. The zero-order valence-electron chi connectivity index (χ0n) is 10.9. The largest absolute Gasteiger partial charge is 0.439 e. The summed E-state index contributed by atoms with van der Waals surface area (Å²) in [6.07, 6.45) is 1.12. The standard InChI is InChI=1S/C14H16FN3O/c1-18(2)12-4-3-5-13(7-12)19-14-10(8-16)6-11(15)9-17-14/h3-7,9H,8,16H2,1-2H3. The first-order valence-corrected chi connectivity index (χ1v) is 5.90. The van der Waals surface area contributed by atoms with Gasteiger partial charge in [0.25, 0.3) is 0 Å². The van der Waals surface area contributed by atoms with Crippen LogP contribution < -0.4 is 15.4 Å². The second-order valence-corrected chi connectivity index (χ2v) is 4.32. The van der Waals surface area contributed by atoms with Gasteiger partial charge in [-0.25, -0.2) is 9.37 Å². The van der Waals surface area contributed by atoms with Gasteiger partial charge in [0.2, 0.25) is 5.88 Å². The first-order chi connectivity index (χ1) is 9.10. The van der Waals surface area contributed by atoms with Crippen molar-refractivity contribution in [3.05, 3.63) is 47.9 Å². The lowest BCUT2D eigenvalue weighted by Crippen LogP contribution is -2.08. The van der Waals surface area contributed by atoms with Crippen LogP contribution in [0.3, 0.4) is 0 Å². The zero-order valence-corrected chi connectivity index (χ0v) is 10.9. The number of ether oxygens (including phenoxy) is 1. The second-order valence-electron chi connectivity index (χ2n) is 4.32. The number of hydrogen-bond donors (Lipinski definition) is 1. The van der Waals surface area contributed by atoms with Crippen molar-refractivity contribution in [3.8, 4) is 11.6 Å². The Kier molecular flexibility index (Phi) is 3.97. The van der Waals surface area contributed by atoms with Gasteiger partial charge in [-0.2, -0.15) is 0 Å². The highest BCUT2D eigenvalue weighted by molar-refractivity contribution is 5.50. The predicted octanol–water partition coefficient (Wildman–Crippen LogP) is 2.54. The molecule has 1 aromatic carbocycles. The summed E-state index contributed by atoms with van der Waals surface area (Å²) in [5.74, 6) is 0.551. The van der Waals surface area contributed by atoms with Crippen molar-refractivity contribution in [3.63, 3.8) is 0 Å². The lowest BCUT2D eigenvalue weighted by atomic mass is 10.2. The highest BCUT2D eigenvalue weighted by Gasteiger charge is 2.08. The number of rotatable bonds is 4. The minimum Gasteiger partial charge on any atom is -0.439 e. The third-order valence-corrected chi connectivity index (χ3v) is 2.66. The maximum Gasteiger partial charge on any atom is 0.223 e. The molecular weight excluding hydrogens is 245 g/mol. The summed E-state index contributed by atoms with van der Waals surface area (Å²) < 4.78 is 18.7. The van der Waals surface area contributed by atoms with E-state index in [4.69, 9.17) is 10.5 Å². The van der Waals surface area contributed by atoms with E-state index in [1.807, 2.05) is 43.3 Å². The Labute approximate surface area is 111 Å². The summed E-state index contributed by atoms with van der Waals surface area (Å²) in [6.45, 7) is 0.174. The third kappa shape index (κ3) is 3.20. The summed E-state index contributed by atoms with van der Waals surface area (Å²) >= 11 is 0. The Morgan fingerprint density at radius 3 is 2.79 bits per heavy atom. The Hall–Kier alpha value is -2.14. The van der Waals surface area contributed by atoms with Crippen LogP contribution in [0, 0.1) is 5.82 Å². The van der Waals surface area contributed by atoms with Crippen molar-refractivity contribution in [1.29, 1.82) is 0 Å². The third-order valence-electron chi connectivity index (χ3n) is 2.66. The maximum atomic E-state index is 13.1. The van der Waals surface area contributed by atoms with E-state index >= 15 is 0 Å². The van der Waals surface area contributed by atoms with E-state index in [-0.39, 0.29) is 6.54 Å². The van der Waals surface area contributed by atoms with E-state index in [0.717, 1.165) is 11.9 Å². The van der Waals surface area contributed by atoms with E-state index < -0.39 is 5.82 Å². The molecule has 5 heteroatoms. The first-order valence-electron chi connectivity index (χ1n) is 5.90. The van der Waals surface area contributed by atoms with Crippen molar-refractivity contribution in [2.75, 3.05) is 19.0 Å². The molecule has 19 heavy (non-hydrogen) atoms. The smallest absolute Gasteiger partial charge is 0.223 e. The Bertz CT molecular complexity index is 572. The molecule has 0 bridgehead atoms. The number of aromatic nitrogens is 1. The van der Waals surface area contributed by atoms with E-state index in [1.165, 1.54) is 6.07 Å². The molecule has 0 amide bonds. The SMILES string of the molecule is CN(C)c1cccc(Oc2ncc(F)cc2CN)c1. The number of nitrogens with two attached hydrogens (primary N) is 1. The molecule has 100 valence electrons. The van der Waals surface area contributed by atoms with Crippen molar-refractivity contribution >= 4 is 5.69 Å². The molecule has 2 aromatic rings. The van der Waals surface area contributed by atoms with Gasteiger partial charge in [0.05, 0.1) is 6.20 Å². The number of hydrogen-bond acceptors (Lipinski definition) is 4. The van der Waals surface area contributed by atoms with Crippen LogP contribution >= 0.6 is 0 Å². The second kappa shape index (κ2) is 5.67. The quantitative estimate of drug-likeness (QED) is 0.919.